The van der Waals surface area contributed by atoms with E-state index >= 15 is 0 Å². The quantitative estimate of drug-likeness (QED) is 0.550. The van der Waals surface area contributed by atoms with Gasteiger partial charge >= 0.3 is 0 Å². The van der Waals surface area contributed by atoms with Crippen molar-refractivity contribution in [3.05, 3.63) is 47.5 Å². The van der Waals surface area contributed by atoms with Crippen molar-refractivity contribution in [2.45, 2.75) is 0 Å². The van der Waals surface area contributed by atoms with E-state index in [0.29, 0.717) is 23.8 Å². The predicted molar refractivity (Wildman–Crippen MR) is 81.9 cm³/mol. The summed E-state index contributed by atoms with van der Waals surface area (Å²) in [6.45, 7) is 0.317. The van der Waals surface area contributed by atoms with E-state index in [9.17, 15) is 10.2 Å². The molecule has 1 aliphatic heterocycles. The standard InChI is InChI=1S/C16H13N3O2/c1-2-10-4-3-5-11(6-10)19-9-18-16(17)12-7-14(20)15(21)8-13(12)19/h1,3-8,20-21H,9H2,(H2,17,18). The van der Waals surface area contributed by atoms with Crippen LogP contribution >= 0.6 is 0 Å². The number of anilines is 2. The molecule has 104 valence electrons. The lowest BCUT2D eigenvalue weighted by Crippen LogP contribution is -2.29. The first-order valence-electron chi connectivity index (χ1n) is 6.30. The smallest absolute Gasteiger partial charge is 0.159 e. The van der Waals surface area contributed by atoms with E-state index in [4.69, 9.17) is 12.2 Å². The third-order valence-corrected chi connectivity index (χ3v) is 3.37. The van der Waals surface area contributed by atoms with Crippen molar-refractivity contribution in [3.63, 3.8) is 0 Å². The van der Waals surface area contributed by atoms with Gasteiger partial charge in [0.15, 0.2) is 11.5 Å². The van der Waals surface area contributed by atoms with Gasteiger partial charge in [-0.15, -0.1) is 6.42 Å². The molecule has 0 unspecified atom stereocenters. The first-order valence-corrected chi connectivity index (χ1v) is 6.30. The molecule has 0 amide bonds. The summed E-state index contributed by atoms with van der Waals surface area (Å²) < 4.78 is 0. The Bertz CT molecular complexity index is 791. The van der Waals surface area contributed by atoms with Crippen LogP contribution in [0.5, 0.6) is 11.5 Å². The number of terminal acetylenes is 1. The number of amidine groups is 1. The van der Waals surface area contributed by atoms with E-state index in [1.807, 2.05) is 29.2 Å². The fourth-order valence-electron chi connectivity index (χ4n) is 2.29. The molecule has 0 aliphatic carbocycles. The molecular formula is C16H13N3O2. The van der Waals surface area contributed by atoms with Crippen molar-refractivity contribution in [2.24, 2.45) is 10.7 Å². The largest absolute Gasteiger partial charge is 0.504 e. The molecule has 5 heteroatoms. The number of hydrogen-bond donors (Lipinski definition) is 3. The average molecular weight is 279 g/mol. The number of rotatable bonds is 1. The van der Waals surface area contributed by atoms with Crippen LogP contribution in [0.3, 0.4) is 0 Å². The second-order valence-corrected chi connectivity index (χ2v) is 4.67. The number of benzene rings is 2. The van der Waals surface area contributed by atoms with Crippen LogP contribution in [0.15, 0.2) is 41.4 Å². The number of aromatic hydroxyl groups is 2. The molecule has 0 aromatic heterocycles. The molecule has 0 saturated carbocycles. The molecule has 0 radical (unpaired) electrons. The van der Waals surface area contributed by atoms with Crippen LogP contribution in [0.25, 0.3) is 0 Å². The van der Waals surface area contributed by atoms with Gasteiger partial charge in [-0.05, 0) is 24.3 Å². The Morgan fingerprint density at radius 1 is 1.19 bits per heavy atom. The molecule has 2 aromatic rings. The maximum atomic E-state index is 9.74. The van der Waals surface area contributed by atoms with Crippen LogP contribution in [0.4, 0.5) is 11.4 Å². The molecule has 0 spiro atoms. The van der Waals surface area contributed by atoms with E-state index in [-0.39, 0.29) is 11.5 Å². The van der Waals surface area contributed by atoms with Gasteiger partial charge in [0.2, 0.25) is 0 Å². The summed E-state index contributed by atoms with van der Waals surface area (Å²) in [4.78, 5) is 6.10. The summed E-state index contributed by atoms with van der Waals surface area (Å²) >= 11 is 0. The van der Waals surface area contributed by atoms with Crippen LogP contribution < -0.4 is 10.6 Å². The highest BCUT2D eigenvalue weighted by atomic mass is 16.3. The minimum absolute atomic E-state index is 0.207. The van der Waals surface area contributed by atoms with Crippen LogP contribution in [-0.2, 0) is 0 Å². The minimum Gasteiger partial charge on any atom is -0.504 e. The zero-order chi connectivity index (χ0) is 15.0. The van der Waals surface area contributed by atoms with Crippen LogP contribution in [0.1, 0.15) is 11.1 Å². The number of phenols is 2. The lowest BCUT2D eigenvalue weighted by molar-refractivity contribution is 0.403. The Hall–Kier alpha value is -3.13. The third kappa shape index (κ3) is 2.13. The Balaban J connectivity index is 2.15. The number of aliphatic imine (C=N–C) groups is 1. The van der Waals surface area contributed by atoms with Crippen LogP contribution in [0, 0.1) is 12.3 Å². The minimum atomic E-state index is -0.230. The summed E-state index contributed by atoms with van der Waals surface area (Å²) in [5.41, 5.74) is 8.70. The molecule has 21 heavy (non-hydrogen) atoms. The molecule has 0 bridgehead atoms. The SMILES string of the molecule is C#Cc1cccc(N2CN=C(N)c3cc(O)c(O)cc32)c1. The van der Waals surface area contributed by atoms with Gasteiger partial charge in [-0.25, -0.2) is 4.99 Å². The van der Waals surface area contributed by atoms with E-state index in [1.54, 1.807) is 0 Å². The highest BCUT2D eigenvalue weighted by molar-refractivity contribution is 6.05. The molecule has 0 fully saturated rings. The predicted octanol–water partition coefficient (Wildman–Crippen LogP) is 1.89. The Labute approximate surface area is 122 Å². The summed E-state index contributed by atoms with van der Waals surface area (Å²) in [5, 5.41) is 19.4. The zero-order valence-electron chi connectivity index (χ0n) is 11.1. The Morgan fingerprint density at radius 3 is 2.71 bits per heavy atom. The number of nitrogens with zero attached hydrogens (tertiary/aromatic N) is 2. The van der Waals surface area contributed by atoms with Gasteiger partial charge in [-0.2, -0.15) is 0 Å². The van der Waals surface area contributed by atoms with Crippen molar-refractivity contribution in [1.29, 1.82) is 0 Å². The number of fused-ring (bicyclic) bond motifs is 1. The highest BCUT2D eigenvalue weighted by Crippen LogP contribution is 2.38. The topological polar surface area (TPSA) is 82.1 Å². The molecule has 2 aromatic carbocycles. The highest BCUT2D eigenvalue weighted by Gasteiger charge is 2.22. The summed E-state index contributed by atoms with van der Waals surface area (Å²) in [5.74, 6) is 2.47. The van der Waals surface area contributed by atoms with Crippen molar-refractivity contribution >= 4 is 17.2 Å². The average Bonchev–Trinajstić information content (AvgIpc) is 2.50. The summed E-state index contributed by atoms with van der Waals surface area (Å²) in [7, 11) is 0. The lowest BCUT2D eigenvalue weighted by Gasteiger charge is -2.29. The van der Waals surface area contributed by atoms with Crippen molar-refractivity contribution < 1.29 is 10.2 Å². The first kappa shape index (κ1) is 12.9. The summed E-state index contributed by atoms with van der Waals surface area (Å²) in [6.07, 6.45) is 5.42. The molecule has 4 N–H and O–H groups in total. The van der Waals surface area contributed by atoms with Crippen molar-refractivity contribution in [2.75, 3.05) is 11.6 Å². The van der Waals surface area contributed by atoms with Gasteiger partial charge in [0.25, 0.3) is 0 Å². The van der Waals surface area contributed by atoms with Gasteiger partial charge < -0.3 is 20.8 Å². The van der Waals surface area contributed by atoms with E-state index in [2.05, 4.69) is 10.9 Å². The summed E-state index contributed by atoms with van der Waals surface area (Å²) in [6, 6.07) is 10.3. The van der Waals surface area contributed by atoms with Crippen molar-refractivity contribution in [3.8, 4) is 23.8 Å². The normalized spacial score (nSPS) is 13.3. The molecule has 1 aliphatic rings. The van der Waals surface area contributed by atoms with Gasteiger partial charge in [-0.1, -0.05) is 12.0 Å². The van der Waals surface area contributed by atoms with Gasteiger partial charge in [-0.3, -0.25) is 0 Å². The molecular weight excluding hydrogens is 266 g/mol. The third-order valence-electron chi connectivity index (χ3n) is 3.37. The van der Waals surface area contributed by atoms with Crippen molar-refractivity contribution in [1.82, 2.24) is 0 Å². The van der Waals surface area contributed by atoms with Crippen LogP contribution in [-0.4, -0.2) is 22.7 Å². The molecule has 5 nitrogen and oxygen atoms in total. The van der Waals surface area contributed by atoms with E-state index in [0.717, 1.165) is 11.3 Å². The monoisotopic (exact) mass is 279 g/mol. The van der Waals surface area contributed by atoms with Crippen LogP contribution in [0.2, 0.25) is 0 Å². The van der Waals surface area contributed by atoms with E-state index < -0.39 is 0 Å². The fourth-order valence-corrected chi connectivity index (χ4v) is 2.29. The molecule has 0 atom stereocenters. The second kappa shape index (κ2) is 4.76. The van der Waals surface area contributed by atoms with Gasteiger partial charge in [0, 0.05) is 22.9 Å². The lowest BCUT2D eigenvalue weighted by atomic mass is 10.1. The fraction of sp³-hybridized carbons (Fsp3) is 0.0625. The van der Waals surface area contributed by atoms with E-state index in [1.165, 1.54) is 12.1 Å². The molecule has 0 saturated heterocycles. The Morgan fingerprint density at radius 2 is 1.95 bits per heavy atom. The molecule has 3 rings (SSSR count). The number of nitrogens with two attached hydrogens (primary N) is 1. The zero-order valence-corrected chi connectivity index (χ0v) is 11.1. The number of phenolic OH excluding ortho intramolecular Hbond substituents is 2. The second-order valence-electron chi connectivity index (χ2n) is 4.67. The maximum Gasteiger partial charge on any atom is 0.159 e. The Kier molecular flexibility index (Phi) is 2.92. The number of hydrogen-bond acceptors (Lipinski definition) is 5. The molecule has 1 heterocycles. The van der Waals surface area contributed by atoms with Gasteiger partial charge in [0.1, 0.15) is 12.5 Å². The van der Waals surface area contributed by atoms with Gasteiger partial charge in [0.05, 0.1) is 5.69 Å². The first-order chi connectivity index (χ1) is 10.1. The maximum absolute atomic E-state index is 9.74.